The second kappa shape index (κ2) is 6.24. The first-order chi connectivity index (χ1) is 9.47. The van der Waals surface area contributed by atoms with Crippen LogP contribution in [0.15, 0.2) is 18.2 Å². The molecule has 3 amide bonds. The fourth-order valence-corrected chi connectivity index (χ4v) is 2.23. The number of anilines is 1. The summed E-state index contributed by atoms with van der Waals surface area (Å²) in [5.41, 5.74) is 0.406. The maximum atomic E-state index is 11.8. The lowest BCUT2D eigenvalue weighted by Crippen LogP contribution is -2.32. The van der Waals surface area contributed by atoms with Crippen molar-refractivity contribution in [2.75, 3.05) is 11.9 Å². The summed E-state index contributed by atoms with van der Waals surface area (Å²) in [4.78, 5) is 35.7. The molecule has 5 nitrogen and oxygen atoms in total. The third-order valence-corrected chi connectivity index (χ3v) is 3.48. The molecule has 1 heterocycles. The standard InChI is InChI=1S/C13H12Cl2N2O3/c14-8-1-2-9(15)10(7-8)16-11(18)5-6-17-12(19)3-4-13(17)20/h1-2,7H,3-6H2,(H,16,18). The van der Waals surface area contributed by atoms with E-state index in [1.54, 1.807) is 12.1 Å². The molecule has 1 saturated heterocycles. The van der Waals surface area contributed by atoms with Gasteiger partial charge < -0.3 is 5.32 Å². The average molecular weight is 315 g/mol. The molecule has 0 saturated carbocycles. The topological polar surface area (TPSA) is 66.5 Å². The van der Waals surface area contributed by atoms with Crippen LogP contribution in [-0.2, 0) is 14.4 Å². The van der Waals surface area contributed by atoms with Gasteiger partial charge in [0, 0.05) is 30.8 Å². The molecule has 2 rings (SSSR count). The Labute approximate surface area is 125 Å². The molecule has 1 aliphatic rings. The fraction of sp³-hybridized carbons (Fsp3) is 0.308. The highest BCUT2D eigenvalue weighted by Gasteiger charge is 2.28. The fourth-order valence-electron chi connectivity index (χ4n) is 1.89. The predicted molar refractivity (Wildman–Crippen MR) is 75.7 cm³/mol. The molecule has 1 fully saturated rings. The van der Waals surface area contributed by atoms with Crippen molar-refractivity contribution < 1.29 is 14.4 Å². The van der Waals surface area contributed by atoms with Gasteiger partial charge in [-0.25, -0.2) is 0 Å². The zero-order valence-electron chi connectivity index (χ0n) is 10.5. The number of nitrogens with zero attached hydrogens (tertiary/aromatic N) is 1. The van der Waals surface area contributed by atoms with Crippen molar-refractivity contribution in [3.05, 3.63) is 28.2 Å². The van der Waals surface area contributed by atoms with E-state index in [4.69, 9.17) is 23.2 Å². The van der Waals surface area contributed by atoms with E-state index in [0.29, 0.717) is 15.7 Å². The van der Waals surface area contributed by atoms with Crippen molar-refractivity contribution in [3.63, 3.8) is 0 Å². The normalized spacial score (nSPS) is 14.8. The first-order valence-corrected chi connectivity index (χ1v) is 6.81. The number of benzene rings is 1. The monoisotopic (exact) mass is 314 g/mol. The maximum absolute atomic E-state index is 11.8. The SMILES string of the molecule is O=C(CCN1C(=O)CCC1=O)Nc1cc(Cl)ccc1Cl. The van der Waals surface area contributed by atoms with Gasteiger partial charge in [0.05, 0.1) is 10.7 Å². The molecule has 0 atom stereocenters. The van der Waals surface area contributed by atoms with Crippen LogP contribution in [0.1, 0.15) is 19.3 Å². The van der Waals surface area contributed by atoms with E-state index in [9.17, 15) is 14.4 Å². The summed E-state index contributed by atoms with van der Waals surface area (Å²) in [7, 11) is 0. The zero-order chi connectivity index (χ0) is 14.7. The summed E-state index contributed by atoms with van der Waals surface area (Å²) in [6, 6.07) is 4.72. The van der Waals surface area contributed by atoms with Gasteiger partial charge in [0.2, 0.25) is 17.7 Å². The molecular formula is C13H12Cl2N2O3. The van der Waals surface area contributed by atoms with Crippen molar-refractivity contribution in [3.8, 4) is 0 Å². The maximum Gasteiger partial charge on any atom is 0.229 e. The number of hydrogen-bond donors (Lipinski definition) is 1. The summed E-state index contributed by atoms with van der Waals surface area (Å²) >= 11 is 11.7. The highest BCUT2D eigenvalue weighted by molar-refractivity contribution is 6.35. The van der Waals surface area contributed by atoms with Crippen LogP contribution in [0.4, 0.5) is 5.69 Å². The Morgan fingerprint density at radius 1 is 1.20 bits per heavy atom. The van der Waals surface area contributed by atoms with Crippen LogP contribution < -0.4 is 5.32 Å². The van der Waals surface area contributed by atoms with Crippen LogP contribution in [0.2, 0.25) is 10.0 Å². The smallest absolute Gasteiger partial charge is 0.229 e. The van der Waals surface area contributed by atoms with E-state index in [2.05, 4.69) is 5.32 Å². The zero-order valence-corrected chi connectivity index (χ0v) is 12.0. The number of likely N-dealkylation sites (tertiary alicyclic amines) is 1. The molecule has 0 aromatic heterocycles. The highest BCUT2D eigenvalue weighted by atomic mass is 35.5. The molecule has 1 N–H and O–H groups in total. The molecule has 0 unspecified atom stereocenters. The number of halogens is 2. The summed E-state index contributed by atoms with van der Waals surface area (Å²) < 4.78 is 0. The quantitative estimate of drug-likeness (QED) is 0.868. The van der Waals surface area contributed by atoms with E-state index in [0.717, 1.165) is 4.90 Å². The second-order valence-corrected chi connectivity index (χ2v) is 5.21. The van der Waals surface area contributed by atoms with E-state index < -0.39 is 0 Å². The number of amides is 3. The summed E-state index contributed by atoms with van der Waals surface area (Å²) in [6.45, 7) is 0.0850. The average Bonchev–Trinajstić information content (AvgIpc) is 2.71. The van der Waals surface area contributed by atoms with Crippen molar-refractivity contribution in [1.29, 1.82) is 0 Å². The van der Waals surface area contributed by atoms with Crippen LogP contribution >= 0.6 is 23.2 Å². The summed E-state index contributed by atoms with van der Waals surface area (Å²) in [6.07, 6.45) is 0.474. The van der Waals surface area contributed by atoms with E-state index in [1.165, 1.54) is 6.07 Å². The lowest BCUT2D eigenvalue weighted by Gasteiger charge is -2.13. The highest BCUT2D eigenvalue weighted by Crippen LogP contribution is 2.25. The Morgan fingerprint density at radius 3 is 2.50 bits per heavy atom. The van der Waals surface area contributed by atoms with Crippen molar-refractivity contribution >= 4 is 46.6 Å². The van der Waals surface area contributed by atoms with Crippen molar-refractivity contribution in [2.45, 2.75) is 19.3 Å². The summed E-state index contributed by atoms with van der Waals surface area (Å²) in [5.74, 6) is -0.797. The Balaban J connectivity index is 1.91. The first-order valence-electron chi connectivity index (χ1n) is 6.05. The van der Waals surface area contributed by atoms with Gasteiger partial charge in [0.15, 0.2) is 0 Å². The number of nitrogens with one attached hydrogen (secondary N) is 1. The van der Waals surface area contributed by atoms with Crippen LogP contribution in [0, 0.1) is 0 Å². The number of carbonyl (C=O) groups excluding carboxylic acids is 3. The molecule has 0 spiro atoms. The molecule has 0 bridgehead atoms. The Bertz CT molecular complexity index is 559. The third-order valence-electron chi connectivity index (χ3n) is 2.92. The van der Waals surface area contributed by atoms with Crippen LogP contribution in [0.3, 0.4) is 0 Å². The minimum Gasteiger partial charge on any atom is -0.325 e. The van der Waals surface area contributed by atoms with E-state index >= 15 is 0 Å². The van der Waals surface area contributed by atoms with Gasteiger partial charge >= 0.3 is 0 Å². The Kier molecular flexibility index (Phi) is 4.62. The molecular weight excluding hydrogens is 303 g/mol. The van der Waals surface area contributed by atoms with Crippen molar-refractivity contribution in [2.24, 2.45) is 0 Å². The van der Waals surface area contributed by atoms with E-state index in [1.807, 2.05) is 0 Å². The number of carbonyl (C=O) groups is 3. The Morgan fingerprint density at radius 2 is 1.85 bits per heavy atom. The van der Waals surface area contributed by atoms with Gasteiger partial charge in [-0.15, -0.1) is 0 Å². The van der Waals surface area contributed by atoms with Gasteiger partial charge in [0.25, 0.3) is 0 Å². The largest absolute Gasteiger partial charge is 0.325 e. The molecule has 1 aromatic rings. The summed E-state index contributed by atoms with van der Waals surface area (Å²) in [5, 5.41) is 3.42. The predicted octanol–water partition coefficient (Wildman–Crippen LogP) is 2.47. The third kappa shape index (κ3) is 3.49. The minimum atomic E-state index is -0.332. The lowest BCUT2D eigenvalue weighted by molar-refractivity contribution is -0.138. The molecule has 20 heavy (non-hydrogen) atoms. The van der Waals surface area contributed by atoms with E-state index in [-0.39, 0.29) is 43.5 Å². The van der Waals surface area contributed by atoms with Crippen LogP contribution in [0.25, 0.3) is 0 Å². The lowest BCUT2D eigenvalue weighted by atomic mass is 10.3. The number of imide groups is 1. The van der Waals surface area contributed by atoms with Gasteiger partial charge in [-0.3, -0.25) is 19.3 Å². The van der Waals surface area contributed by atoms with Gasteiger partial charge in [0.1, 0.15) is 0 Å². The van der Waals surface area contributed by atoms with Crippen molar-refractivity contribution in [1.82, 2.24) is 4.90 Å². The number of hydrogen-bond acceptors (Lipinski definition) is 3. The molecule has 106 valence electrons. The van der Waals surface area contributed by atoms with Gasteiger partial charge in [-0.05, 0) is 18.2 Å². The number of rotatable bonds is 4. The molecule has 0 radical (unpaired) electrons. The van der Waals surface area contributed by atoms with Gasteiger partial charge in [-0.2, -0.15) is 0 Å². The van der Waals surface area contributed by atoms with Gasteiger partial charge in [-0.1, -0.05) is 23.2 Å². The van der Waals surface area contributed by atoms with Crippen LogP contribution in [-0.4, -0.2) is 29.2 Å². The molecule has 1 aliphatic heterocycles. The minimum absolute atomic E-state index is 0.0281. The first kappa shape index (κ1) is 14.8. The second-order valence-electron chi connectivity index (χ2n) is 4.36. The Hall–Kier alpha value is -1.59. The molecule has 1 aromatic carbocycles. The molecule has 0 aliphatic carbocycles. The van der Waals surface area contributed by atoms with Crippen LogP contribution in [0.5, 0.6) is 0 Å². The molecule has 7 heteroatoms.